The van der Waals surface area contributed by atoms with E-state index in [1.165, 1.54) is 13.8 Å². The summed E-state index contributed by atoms with van der Waals surface area (Å²) in [5.41, 5.74) is 20.8. The monoisotopic (exact) mass is 784 g/mol. The van der Waals surface area contributed by atoms with E-state index in [-0.39, 0.29) is 70.4 Å². The molecule has 0 saturated carbocycles. The Morgan fingerprint density at radius 3 is 1.61 bits per heavy atom. The van der Waals surface area contributed by atoms with Crippen LogP contribution in [-0.4, -0.2) is 97.8 Å². The lowest BCUT2D eigenvalue weighted by Crippen LogP contribution is -2.55. The summed E-state index contributed by atoms with van der Waals surface area (Å²) in [4.78, 5) is 54.8. The second-order valence-corrected chi connectivity index (χ2v) is 14.0. The fraction of sp³-hybridized carbons (Fsp3) is 0.368. The average Bonchev–Trinajstić information content (AvgIpc) is 3.15. The SMILES string of the molecule is CC(=O)N1CC[C@@H](Nc2nc(Nc3cncc(C)c3)c(C#N)cc2F)[C@@H](N)C1.CC(=O)N1CC[C@@H](Nc2nc(Nc3cncc(C)c3)c(C(N)=O)cc2F)[C@@H](N)C1. The van der Waals surface area contributed by atoms with Gasteiger partial charge in [-0.3, -0.25) is 24.4 Å². The van der Waals surface area contributed by atoms with Crippen molar-refractivity contribution in [2.45, 2.75) is 64.7 Å². The molecule has 4 atom stereocenters. The van der Waals surface area contributed by atoms with Crippen LogP contribution in [0.25, 0.3) is 0 Å². The highest BCUT2D eigenvalue weighted by Gasteiger charge is 2.30. The van der Waals surface area contributed by atoms with E-state index >= 15 is 0 Å². The van der Waals surface area contributed by atoms with Gasteiger partial charge in [0, 0.05) is 76.6 Å². The molecule has 6 heterocycles. The zero-order chi connectivity index (χ0) is 41.4. The molecule has 4 aromatic rings. The smallest absolute Gasteiger partial charge is 0.252 e. The first-order valence-corrected chi connectivity index (χ1v) is 18.1. The highest BCUT2D eigenvalue weighted by molar-refractivity contribution is 5.98. The molecule has 0 unspecified atom stereocenters. The molecule has 17 nitrogen and oxygen atoms in total. The minimum atomic E-state index is -0.808. The number of nitrogens with two attached hydrogens (primary N) is 3. The largest absolute Gasteiger partial charge is 0.365 e. The number of piperidine rings is 2. The quantitative estimate of drug-likeness (QED) is 0.129. The van der Waals surface area contributed by atoms with Crippen LogP contribution in [0.5, 0.6) is 0 Å². The number of carbonyl (C=O) groups is 3. The van der Waals surface area contributed by atoms with Gasteiger partial charge in [0.05, 0.1) is 34.9 Å². The number of halogens is 2. The number of nitrogens with one attached hydrogen (secondary N) is 4. The van der Waals surface area contributed by atoms with Crippen molar-refractivity contribution in [1.82, 2.24) is 29.7 Å². The van der Waals surface area contributed by atoms with E-state index < -0.39 is 17.5 Å². The number of nitriles is 1. The Hall–Kier alpha value is -6.52. The summed E-state index contributed by atoms with van der Waals surface area (Å²) in [6.45, 7) is 8.57. The number of likely N-dealkylation sites (tertiary alicyclic amines) is 2. The third-order valence-electron chi connectivity index (χ3n) is 9.46. The van der Waals surface area contributed by atoms with Crippen molar-refractivity contribution < 1.29 is 23.2 Å². The molecule has 0 radical (unpaired) electrons. The Morgan fingerprint density at radius 1 is 0.737 bits per heavy atom. The van der Waals surface area contributed by atoms with Crippen LogP contribution in [0.15, 0.2) is 49.1 Å². The number of amides is 3. The molecule has 3 amide bonds. The van der Waals surface area contributed by atoms with Gasteiger partial charge in [0.2, 0.25) is 11.8 Å². The third kappa shape index (κ3) is 10.8. The van der Waals surface area contributed by atoms with E-state index in [1.54, 1.807) is 34.6 Å². The fourth-order valence-corrected chi connectivity index (χ4v) is 6.41. The summed E-state index contributed by atoms with van der Waals surface area (Å²) in [5.74, 6) is -1.93. The van der Waals surface area contributed by atoms with Gasteiger partial charge in [0.1, 0.15) is 11.9 Å². The zero-order valence-electron chi connectivity index (χ0n) is 32.0. The molecule has 4 aromatic heterocycles. The maximum atomic E-state index is 14.6. The molecule has 0 bridgehead atoms. The summed E-state index contributed by atoms with van der Waals surface area (Å²) in [6.07, 6.45) is 7.66. The number of hydrogen-bond acceptors (Lipinski definition) is 14. The van der Waals surface area contributed by atoms with Crippen LogP contribution in [0.4, 0.5) is 43.4 Å². The van der Waals surface area contributed by atoms with Crippen LogP contribution in [0.1, 0.15) is 53.7 Å². The van der Waals surface area contributed by atoms with Crippen molar-refractivity contribution in [2.75, 3.05) is 47.4 Å². The van der Waals surface area contributed by atoms with Crippen molar-refractivity contribution in [1.29, 1.82) is 5.26 Å². The predicted octanol–water partition coefficient (Wildman–Crippen LogP) is 3.03. The summed E-state index contributed by atoms with van der Waals surface area (Å²) < 4.78 is 29.1. The molecule has 0 spiro atoms. The number of rotatable bonds is 9. The van der Waals surface area contributed by atoms with Gasteiger partial charge in [-0.15, -0.1) is 0 Å². The van der Waals surface area contributed by atoms with E-state index in [4.69, 9.17) is 17.2 Å². The molecular formula is C38H46F2N14O3. The Balaban J connectivity index is 0.000000218. The van der Waals surface area contributed by atoms with Gasteiger partial charge in [-0.2, -0.15) is 5.26 Å². The number of primary amides is 1. The molecule has 2 fully saturated rings. The lowest BCUT2D eigenvalue weighted by atomic mass is 10.00. The standard InChI is InChI=1S/C19H24FN7O2.C19H22FN7O/c1-10-5-12(8-23-7-10)24-18-13(17(22)29)6-14(20)19(26-18)25-16-3-4-27(11(2)28)9-15(16)21;1-11-5-14(9-23-8-11)24-18-13(7-21)6-15(20)19(26-18)25-17-3-4-27(12(2)28)10-16(17)22/h5-8,15-16H,3-4,9,21H2,1-2H3,(H2,22,29)(H2,24,25,26);5-6,8-9,16-17H,3-4,10,22H2,1-2H3,(H2,24,25,26)/t15-,16+;16-,17+/m00/s1. The van der Waals surface area contributed by atoms with Gasteiger partial charge in [-0.1, -0.05) is 0 Å². The first-order chi connectivity index (χ1) is 27.1. The number of aryl methyl sites for hydroxylation is 2. The first-order valence-electron chi connectivity index (χ1n) is 18.1. The number of pyridine rings is 4. The normalized spacial score (nSPS) is 19.0. The van der Waals surface area contributed by atoms with E-state index in [0.717, 1.165) is 23.3 Å². The van der Waals surface area contributed by atoms with Crippen LogP contribution in [-0.2, 0) is 9.59 Å². The average molecular weight is 785 g/mol. The molecular weight excluding hydrogens is 739 g/mol. The van der Waals surface area contributed by atoms with Gasteiger partial charge in [0.25, 0.3) is 5.91 Å². The molecule has 19 heteroatoms. The summed E-state index contributed by atoms with van der Waals surface area (Å²) in [5, 5.41) is 21.3. The molecule has 2 saturated heterocycles. The Labute approximate surface area is 328 Å². The molecule has 300 valence electrons. The maximum absolute atomic E-state index is 14.6. The summed E-state index contributed by atoms with van der Waals surface area (Å²) >= 11 is 0. The second kappa shape index (κ2) is 18.4. The summed E-state index contributed by atoms with van der Waals surface area (Å²) in [6, 6.07) is 6.52. The van der Waals surface area contributed by atoms with Crippen molar-refractivity contribution in [3.8, 4) is 6.07 Å². The van der Waals surface area contributed by atoms with Gasteiger partial charge in [-0.25, -0.2) is 18.7 Å². The molecule has 10 N–H and O–H groups in total. The van der Waals surface area contributed by atoms with Crippen LogP contribution >= 0.6 is 0 Å². The maximum Gasteiger partial charge on any atom is 0.252 e. The molecule has 0 aliphatic carbocycles. The number of aromatic nitrogens is 4. The van der Waals surface area contributed by atoms with Crippen LogP contribution in [0, 0.1) is 36.8 Å². The third-order valence-corrected chi connectivity index (χ3v) is 9.46. The van der Waals surface area contributed by atoms with Crippen LogP contribution < -0.4 is 38.5 Å². The van der Waals surface area contributed by atoms with Gasteiger partial charge in [0.15, 0.2) is 29.1 Å². The topological polar surface area (TPSA) is 259 Å². The second-order valence-electron chi connectivity index (χ2n) is 14.0. The highest BCUT2D eigenvalue weighted by atomic mass is 19.1. The van der Waals surface area contributed by atoms with Crippen molar-refractivity contribution in [3.63, 3.8) is 0 Å². The van der Waals surface area contributed by atoms with Gasteiger partial charge in [-0.05, 0) is 62.1 Å². The van der Waals surface area contributed by atoms with E-state index in [1.807, 2.05) is 32.0 Å². The van der Waals surface area contributed by atoms with E-state index in [2.05, 4.69) is 41.2 Å². The summed E-state index contributed by atoms with van der Waals surface area (Å²) in [7, 11) is 0. The Bertz CT molecular complexity index is 2170. The fourth-order valence-electron chi connectivity index (χ4n) is 6.41. The predicted molar refractivity (Wildman–Crippen MR) is 211 cm³/mol. The Morgan fingerprint density at radius 2 is 1.19 bits per heavy atom. The number of carbonyl (C=O) groups excluding carboxylic acids is 3. The minimum Gasteiger partial charge on any atom is -0.365 e. The van der Waals surface area contributed by atoms with Gasteiger partial charge < -0.3 is 48.3 Å². The highest BCUT2D eigenvalue weighted by Crippen LogP contribution is 2.27. The van der Waals surface area contributed by atoms with E-state index in [0.29, 0.717) is 50.4 Å². The lowest BCUT2D eigenvalue weighted by molar-refractivity contribution is -0.130. The number of nitrogens with zero attached hydrogens (tertiary/aromatic N) is 7. The molecule has 2 aliphatic rings. The lowest BCUT2D eigenvalue weighted by Gasteiger charge is -2.36. The minimum absolute atomic E-state index is 0.0128. The molecule has 57 heavy (non-hydrogen) atoms. The molecule has 6 rings (SSSR count). The first kappa shape index (κ1) is 41.6. The van der Waals surface area contributed by atoms with Crippen LogP contribution in [0.3, 0.4) is 0 Å². The van der Waals surface area contributed by atoms with Crippen molar-refractivity contribution >= 4 is 52.4 Å². The molecule has 0 aromatic carbocycles. The van der Waals surface area contributed by atoms with Crippen LogP contribution in [0.2, 0.25) is 0 Å². The van der Waals surface area contributed by atoms with Gasteiger partial charge >= 0.3 is 0 Å². The number of anilines is 6. The Kier molecular flexibility index (Phi) is 13.4. The van der Waals surface area contributed by atoms with Crippen molar-refractivity contribution in [2.24, 2.45) is 17.2 Å². The molecule has 2 aliphatic heterocycles. The van der Waals surface area contributed by atoms with Crippen molar-refractivity contribution in [3.05, 3.63) is 82.9 Å². The number of hydrogen-bond donors (Lipinski definition) is 7. The van der Waals surface area contributed by atoms with E-state index in [9.17, 15) is 28.4 Å². The zero-order valence-corrected chi connectivity index (χ0v) is 32.0.